The van der Waals surface area contributed by atoms with Gasteiger partial charge in [-0.15, -0.1) is 0 Å². The number of piperidine rings is 1. The third kappa shape index (κ3) is 5.22. The molecule has 2 N–H and O–H groups in total. The molecule has 24 heavy (non-hydrogen) atoms. The van der Waals surface area contributed by atoms with E-state index in [-0.39, 0.29) is 24.3 Å². The number of ether oxygens (including phenoxy) is 1. The van der Waals surface area contributed by atoms with E-state index in [4.69, 9.17) is 9.84 Å². The maximum absolute atomic E-state index is 13.6. The minimum Gasteiger partial charge on any atom is -0.396 e. The Labute approximate surface area is 140 Å². The minimum absolute atomic E-state index is 0.118. The Hall–Kier alpha value is -1.57. The van der Waals surface area contributed by atoms with Crippen LogP contribution in [0.5, 0.6) is 0 Å². The van der Waals surface area contributed by atoms with Crippen LogP contribution in [0.4, 0.5) is 14.5 Å². The van der Waals surface area contributed by atoms with Crippen molar-refractivity contribution in [2.24, 2.45) is 0 Å². The van der Waals surface area contributed by atoms with Crippen LogP contribution < -0.4 is 5.32 Å². The van der Waals surface area contributed by atoms with Crippen LogP contribution >= 0.6 is 0 Å². The predicted octanol–water partition coefficient (Wildman–Crippen LogP) is 2.16. The van der Waals surface area contributed by atoms with Gasteiger partial charge in [-0.2, -0.15) is 0 Å². The average molecular weight is 342 g/mol. The lowest BCUT2D eigenvalue weighted by atomic mass is 10.1. The number of halogens is 2. The molecule has 1 amide bonds. The summed E-state index contributed by atoms with van der Waals surface area (Å²) in [6.07, 6.45) is 2.37. The van der Waals surface area contributed by atoms with E-state index in [0.29, 0.717) is 26.1 Å². The number of hydrogen-bond donors (Lipinski definition) is 2. The molecule has 0 saturated carbocycles. The van der Waals surface area contributed by atoms with Crippen LogP contribution in [-0.2, 0) is 9.53 Å². The van der Waals surface area contributed by atoms with Crippen molar-refractivity contribution in [3.05, 3.63) is 29.8 Å². The summed E-state index contributed by atoms with van der Waals surface area (Å²) >= 11 is 0. The van der Waals surface area contributed by atoms with Crippen molar-refractivity contribution in [3.8, 4) is 0 Å². The second-order valence-electron chi connectivity index (χ2n) is 5.97. The number of rotatable bonds is 7. The van der Waals surface area contributed by atoms with E-state index >= 15 is 0 Å². The van der Waals surface area contributed by atoms with Crippen LogP contribution in [0.25, 0.3) is 0 Å². The van der Waals surface area contributed by atoms with Crippen molar-refractivity contribution in [2.45, 2.75) is 38.3 Å². The lowest BCUT2D eigenvalue weighted by molar-refractivity contribution is -0.122. The molecule has 1 aliphatic rings. The van der Waals surface area contributed by atoms with E-state index in [1.165, 1.54) is 0 Å². The normalized spacial score (nSPS) is 17.7. The fourth-order valence-corrected chi connectivity index (χ4v) is 2.74. The second kappa shape index (κ2) is 9.05. The van der Waals surface area contributed by atoms with Gasteiger partial charge in [-0.1, -0.05) is 0 Å². The average Bonchev–Trinajstić information content (AvgIpc) is 2.58. The topological polar surface area (TPSA) is 61.8 Å². The van der Waals surface area contributed by atoms with Gasteiger partial charge in [0.25, 0.3) is 0 Å². The SMILES string of the molecule is CC(C(=O)Nc1cc(F)ccc1F)N1CCC(OCCCO)CC1. The third-order valence-electron chi connectivity index (χ3n) is 4.25. The van der Waals surface area contributed by atoms with E-state index in [0.717, 1.165) is 31.0 Å². The van der Waals surface area contributed by atoms with Gasteiger partial charge < -0.3 is 15.2 Å². The van der Waals surface area contributed by atoms with Gasteiger partial charge in [0.2, 0.25) is 5.91 Å². The summed E-state index contributed by atoms with van der Waals surface area (Å²) in [6.45, 7) is 3.80. The second-order valence-corrected chi connectivity index (χ2v) is 5.97. The van der Waals surface area contributed by atoms with Crippen molar-refractivity contribution in [1.29, 1.82) is 0 Å². The first-order valence-corrected chi connectivity index (χ1v) is 8.23. The molecule has 5 nitrogen and oxygen atoms in total. The Morgan fingerprint density at radius 3 is 2.79 bits per heavy atom. The molecule has 1 unspecified atom stereocenters. The molecule has 0 spiro atoms. The van der Waals surface area contributed by atoms with E-state index in [2.05, 4.69) is 5.32 Å². The molecule has 1 saturated heterocycles. The Morgan fingerprint density at radius 2 is 2.12 bits per heavy atom. The number of nitrogens with one attached hydrogen (secondary N) is 1. The number of amides is 1. The predicted molar refractivity (Wildman–Crippen MR) is 86.7 cm³/mol. The molecule has 0 aliphatic carbocycles. The molecule has 0 radical (unpaired) electrons. The Bertz CT molecular complexity index is 549. The third-order valence-corrected chi connectivity index (χ3v) is 4.25. The maximum Gasteiger partial charge on any atom is 0.241 e. The fourth-order valence-electron chi connectivity index (χ4n) is 2.74. The van der Waals surface area contributed by atoms with Gasteiger partial charge >= 0.3 is 0 Å². The van der Waals surface area contributed by atoms with Gasteiger partial charge in [0.15, 0.2) is 0 Å². The van der Waals surface area contributed by atoms with Gasteiger partial charge in [-0.05, 0) is 38.3 Å². The van der Waals surface area contributed by atoms with Crippen molar-refractivity contribution in [2.75, 3.05) is 31.6 Å². The summed E-state index contributed by atoms with van der Waals surface area (Å²) in [5.41, 5.74) is -0.144. The van der Waals surface area contributed by atoms with Gasteiger partial charge in [-0.3, -0.25) is 9.69 Å². The first-order chi connectivity index (χ1) is 11.5. The van der Waals surface area contributed by atoms with Crippen molar-refractivity contribution in [3.63, 3.8) is 0 Å². The molecular weight excluding hydrogens is 318 g/mol. The first kappa shape index (κ1) is 18.8. The highest BCUT2D eigenvalue weighted by molar-refractivity contribution is 5.94. The zero-order chi connectivity index (χ0) is 17.5. The van der Waals surface area contributed by atoms with Gasteiger partial charge in [0, 0.05) is 32.4 Å². The standard InChI is InChI=1S/C17H24F2N2O3/c1-12(17(23)20-16-11-13(18)3-4-15(16)19)21-7-5-14(6-8-21)24-10-2-9-22/h3-4,11-12,14,22H,2,5-10H2,1H3,(H,20,23). The zero-order valence-corrected chi connectivity index (χ0v) is 13.8. The largest absolute Gasteiger partial charge is 0.396 e. The van der Waals surface area contributed by atoms with Crippen LogP contribution in [0.2, 0.25) is 0 Å². The molecule has 1 aromatic carbocycles. The van der Waals surface area contributed by atoms with Crippen LogP contribution in [0.3, 0.4) is 0 Å². The molecule has 0 bridgehead atoms. The van der Waals surface area contributed by atoms with Gasteiger partial charge in [-0.25, -0.2) is 8.78 Å². The maximum atomic E-state index is 13.6. The van der Waals surface area contributed by atoms with Crippen LogP contribution in [0, 0.1) is 11.6 Å². The summed E-state index contributed by atoms with van der Waals surface area (Å²) < 4.78 is 32.4. The quantitative estimate of drug-likeness (QED) is 0.746. The summed E-state index contributed by atoms with van der Waals surface area (Å²) in [7, 11) is 0. The van der Waals surface area contributed by atoms with E-state index in [1.807, 2.05) is 4.90 Å². The molecule has 7 heteroatoms. The van der Waals surface area contributed by atoms with E-state index in [9.17, 15) is 13.6 Å². The molecule has 134 valence electrons. The van der Waals surface area contributed by atoms with Crippen LogP contribution in [0.1, 0.15) is 26.2 Å². The van der Waals surface area contributed by atoms with Crippen LogP contribution in [0.15, 0.2) is 18.2 Å². The highest BCUT2D eigenvalue weighted by Crippen LogP contribution is 2.19. The summed E-state index contributed by atoms with van der Waals surface area (Å²) in [5, 5.41) is 11.2. The number of carbonyl (C=O) groups is 1. The molecule has 1 aromatic rings. The Balaban J connectivity index is 1.82. The van der Waals surface area contributed by atoms with Gasteiger partial charge in [0.05, 0.1) is 17.8 Å². The number of anilines is 1. The molecule has 1 heterocycles. The lowest BCUT2D eigenvalue weighted by Crippen LogP contribution is -2.47. The number of benzene rings is 1. The molecule has 0 aromatic heterocycles. The Kier molecular flexibility index (Phi) is 7.08. The van der Waals surface area contributed by atoms with Crippen molar-refractivity contribution >= 4 is 11.6 Å². The van der Waals surface area contributed by atoms with Gasteiger partial charge in [0.1, 0.15) is 11.6 Å². The van der Waals surface area contributed by atoms with Crippen LogP contribution in [-0.4, -0.2) is 54.4 Å². The number of aliphatic hydroxyl groups is 1. The number of carbonyl (C=O) groups excluding carboxylic acids is 1. The molecule has 1 atom stereocenters. The summed E-state index contributed by atoms with van der Waals surface area (Å²) in [4.78, 5) is 14.3. The Morgan fingerprint density at radius 1 is 1.42 bits per heavy atom. The molecule has 2 rings (SSSR count). The zero-order valence-electron chi connectivity index (χ0n) is 13.8. The fraction of sp³-hybridized carbons (Fsp3) is 0.588. The number of likely N-dealkylation sites (tertiary alicyclic amines) is 1. The minimum atomic E-state index is -0.659. The number of hydrogen-bond acceptors (Lipinski definition) is 4. The molecular formula is C17H24F2N2O3. The lowest BCUT2D eigenvalue weighted by Gasteiger charge is -2.35. The first-order valence-electron chi connectivity index (χ1n) is 8.23. The molecule has 1 fully saturated rings. The van der Waals surface area contributed by atoms with E-state index < -0.39 is 17.7 Å². The molecule has 1 aliphatic heterocycles. The summed E-state index contributed by atoms with van der Waals surface area (Å²) in [5.74, 6) is -1.62. The number of nitrogens with zero attached hydrogens (tertiary/aromatic N) is 1. The van der Waals surface area contributed by atoms with Crippen molar-refractivity contribution < 1.29 is 23.4 Å². The number of aliphatic hydroxyl groups excluding tert-OH is 1. The summed E-state index contributed by atoms with van der Waals surface area (Å²) in [6, 6.07) is 2.54. The van der Waals surface area contributed by atoms with Crippen molar-refractivity contribution in [1.82, 2.24) is 4.90 Å². The highest BCUT2D eigenvalue weighted by atomic mass is 19.1. The smallest absolute Gasteiger partial charge is 0.241 e. The monoisotopic (exact) mass is 342 g/mol. The highest BCUT2D eigenvalue weighted by Gasteiger charge is 2.27. The van der Waals surface area contributed by atoms with E-state index in [1.54, 1.807) is 6.92 Å².